The fraction of sp³-hybridized carbons (Fsp3) is 0.455. The van der Waals surface area contributed by atoms with Crippen molar-refractivity contribution in [3.63, 3.8) is 0 Å². The third kappa shape index (κ3) is 1.29. The second-order valence-electron chi connectivity index (χ2n) is 4.21. The van der Waals surface area contributed by atoms with Gasteiger partial charge in [0.15, 0.2) is 0 Å². The monoisotopic (exact) mass is 187 g/mol. The number of aromatic nitrogens is 3. The van der Waals surface area contributed by atoms with E-state index in [2.05, 4.69) is 35.4 Å². The summed E-state index contributed by atoms with van der Waals surface area (Å²) in [7, 11) is 0. The molecule has 0 saturated heterocycles. The minimum Gasteiger partial charge on any atom is -0.244 e. The Morgan fingerprint density at radius 2 is 2.29 bits per heavy atom. The first kappa shape index (κ1) is 7.97. The lowest BCUT2D eigenvalue weighted by atomic mass is 10.2. The van der Waals surface area contributed by atoms with E-state index in [1.165, 1.54) is 23.9 Å². The molecule has 1 saturated carbocycles. The van der Waals surface area contributed by atoms with Crippen molar-refractivity contribution in [3.8, 4) is 0 Å². The second kappa shape index (κ2) is 2.80. The van der Waals surface area contributed by atoms with Gasteiger partial charge in [-0.3, -0.25) is 0 Å². The lowest BCUT2D eigenvalue weighted by Crippen LogP contribution is -2.01. The van der Waals surface area contributed by atoms with E-state index in [0.29, 0.717) is 0 Å². The summed E-state index contributed by atoms with van der Waals surface area (Å²) in [5, 5.41) is 8.36. The minimum absolute atomic E-state index is 0.848. The maximum Gasteiger partial charge on any atom is 0.113 e. The van der Waals surface area contributed by atoms with Crippen LogP contribution in [0.2, 0.25) is 0 Å². The molecule has 0 unspecified atom stereocenters. The van der Waals surface area contributed by atoms with Crippen molar-refractivity contribution in [2.24, 2.45) is 5.92 Å². The van der Waals surface area contributed by atoms with Crippen molar-refractivity contribution in [3.05, 3.63) is 23.8 Å². The van der Waals surface area contributed by atoms with Crippen LogP contribution >= 0.6 is 0 Å². The van der Waals surface area contributed by atoms with E-state index in [9.17, 15) is 0 Å². The number of benzene rings is 1. The zero-order valence-corrected chi connectivity index (χ0v) is 8.27. The zero-order valence-electron chi connectivity index (χ0n) is 8.27. The van der Waals surface area contributed by atoms with Gasteiger partial charge in [0.05, 0.1) is 5.52 Å². The molecule has 0 amide bonds. The van der Waals surface area contributed by atoms with Crippen LogP contribution in [-0.2, 0) is 6.54 Å². The molecule has 72 valence electrons. The maximum atomic E-state index is 4.18. The summed E-state index contributed by atoms with van der Waals surface area (Å²) >= 11 is 0. The van der Waals surface area contributed by atoms with Crippen molar-refractivity contribution in [2.45, 2.75) is 26.3 Å². The Hall–Kier alpha value is -1.38. The Balaban J connectivity index is 2.06. The Bertz CT molecular complexity index is 468. The molecular weight excluding hydrogens is 174 g/mol. The molecule has 1 heterocycles. The summed E-state index contributed by atoms with van der Waals surface area (Å²) < 4.78 is 2.03. The largest absolute Gasteiger partial charge is 0.244 e. The van der Waals surface area contributed by atoms with Gasteiger partial charge in [-0.15, -0.1) is 5.10 Å². The van der Waals surface area contributed by atoms with E-state index in [-0.39, 0.29) is 0 Å². The Morgan fingerprint density at radius 3 is 3.07 bits per heavy atom. The lowest BCUT2D eigenvalue weighted by Gasteiger charge is -1.99. The van der Waals surface area contributed by atoms with Crippen LogP contribution in [-0.4, -0.2) is 15.0 Å². The summed E-state index contributed by atoms with van der Waals surface area (Å²) in [6.45, 7) is 3.12. The smallest absolute Gasteiger partial charge is 0.113 e. The molecule has 2 aromatic rings. The highest BCUT2D eigenvalue weighted by Gasteiger charge is 2.22. The first-order chi connectivity index (χ1) is 6.83. The van der Waals surface area contributed by atoms with Crippen LogP contribution in [0, 0.1) is 12.8 Å². The Kier molecular flexibility index (Phi) is 1.60. The van der Waals surface area contributed by atoms with Crippen molar-refractivity contribution in [1.82, 2.24) is 15.0 Å². The normalized spacial score (nSPS) is 16.4. The van der Waals surface area contributed by atoms with Crippen LogP contribution in [0.1, 0.15) is 18.4 Å². The quantitative estimate of drug-likeness (QED) is 0.721. The molecule has 1 aliphatic carbocycles. The minimum atomic E-state index is 0.848. The summed E-state index contributed by atoms with van der Waals surface area (Å²) in [6.07, 6.45) is 2.71. The molecule has 1 aromatic carbocycles. The SMILES string of the molecule is Cc1ccc2c(c1)nnn2CC1CC1. The highest BCUT2D eigenvalue weighted by molar-refractivity contribution is 5.74. The van der Waals surface area contributed by atoms with Crippen molar-refractivity contribution >= 4 is 11.0 Å². The fourth-order valence-corrected chi connectivity index (χ4v) is 1.76. The molecule has 0 N–H and O–H groups in total. The van der Waals surface area contributed by atoms with Gasteiger partial charge in [-0.25, -0.2) is 4.68 Å². The number of hydrogen-bond acceptors (Lipinski definition) is 2. The number of aryl methyl sites for hydroxylation is 1. The van der Waals surface area contributed by atoms with E-state index < -0.39 is 0 Å². The van der Waals surface area contributed by atoms with Gasteiger partial charge in [0.25, 0.3) is 0 Å². The molecule has 3 heteroatoms. The lowest BCUT2D eigenvalue weighted by molar-refractivity contribution is 0.559. The molecule has 0 bridgehead atoms. The van der Waals surface area contributed by atoms with E-state index >= 15 is 0 Å². The average molecular weight is 187 g/mol. The van der Waals surface area contributed by atoms with Gasteiger partial charge >= 0.3 is 0 Å². The van der Waals surface area contributed by atoms with Crippen molar-refractivity contribution < 1.29 is 0 Å². The van der Waals surface area contributed by atoms with E-state index in [0.717, 1.165) is 18.0 Å². The highest BCUT2D eigenvalue weighted by Crippen LogP contribution is 2.31. The maximum absolute atomic E-state index is 4.18. The van der Waals surface area contributed by atoms with Crippen molar-refractivity contribution in [1.29, 1.82) is 0 Å². The first-order valence-electron chi connectivity index (χ1n) is 5.13. The topological polar surface area (TPSA) is 30.7 Å². The van der Waals surface area contributed by atoms with Crippen LogP contribution in [0.3, 0.4) is 0 Å². The molecule has 1 aliphatic rings. The molecule has 3 nitrogen and oxygen atoms in total. The summed E-state index contributed by atoms with van der Waals surface area (Å²) in [4.78, 5) is 0. The van der Waals surface area contributed by atoms with Gasteiger partial charge in [0.1, 0.15) is 5.52 Å². The van der Waals surface area contributed by atoms with Gasteiger partial charge in [-0.2, -0.15) is 0 Å². The third-order valence-electron chi connectivity index (χ3n) is 2.80. The van der Waals surface area contributed by atoms with E-state index in [1.54, 1.807) is 0 Å². The van der Waals surface area contributed by atoms with E-state index in [1.807, 2.05) is 4.68 Å². The van der Waals surface area contributed by atoms with Gasteiger partial charge in [0, 0.05) is 6.54 Å². The molecule has 1 aromatic heterocycles. The first-order valence-corrected chi connectivity index (χ1v) is 5.13. The van der Waals surface area contributed by atoms with Crippen LogP contribution in [0.25, 0.3) is 11.0 Å². The van der Waals surface area contributed by atoms with Gasteiger partial charge in [-0.05, 0) is 43.4 Å². The summed E-state index contributed by atoms with van der Waals surface area (Å²) in [5.41, 5.74) is 3.43. The average Bonchev–Trinajstić information content (AvgIpc) is 2.89. The Morgan fingerprint density at radius 1 is 1.43 bits per heavy atom. The molecular formula is C11H13N3. The molecule has 1 fully saturated rings. The number of rotatable bonds is 2. The predicted octanol–water partition coefficient (Wildman–Crippen LogP) is 2.15. The number of fused-ring (bicyclic) bond motifs is 1. The number of hydrogen-bond donors (Lipinski definition) is 0. The fourth-order valence-electron chi connectivity index (χ4n) is 1.76. The van der Waals surface area contributed by atoms with Crippen LogP contribution in [0.4, 0.5) is 0 Å². The molecule has 14 heavy (non-hydrogen) atoms. The Labute approximate surface area is 82.7 Å². The molecule has 0 atom stereocenters. The molecule has 0 spiro atoms. The third-order valence-corrected chi connectivity index (χ3v) is 2.80. The van der Waals surface area contributed by atoms with E-state index in [4.69, 9.17) is 0 Å². The highest BCUT2D eigenvalue weighted by atomic mass is 15.4. The predicted molar refractivity (Wildman–Crippen MR) is 55.0 cm³/mol. The van der Waals surface area contributed by atoms with Gasteiger partial charge in [-0.1, -0.05) is 11.3 Å². The number of nitrogens with zero attached hydrogens (tertiary/aromatic N) is 3. The zero-order chi connectivity index (χ0) is 9.54. The second-order valence-corrected chi connectivity index (χ2v) is 4.21. The van der Waals surface area contributed by atoms with Crippen LogP contribution in [0.5, 0.6) is 0 Å². The standard InChI is InChI=1S/C11H13N3/c1-8-2-5-11-10(6-8)12-13-14(11)7-9-3-4-9/h2,5-6,9H,3-4,7H2,1H3. The molecule has 0 radical (unpaired) electrons. The molecule has 3 rings (SSSR count). The summed E-state index contributed by atoms with van der Waals surface area (Å²) in [5.74, 6) is 0.848. The molecule has 0 aliphatic heterocycles. The van der Waals surface area contributed by atoms with Crippen molar-refractivity contribution in [2.75, 3.05) is 0 Å². The van der Waals surface area contributed by atoms with Gasteiger partial charge in [0.2, 0.25) is 0 Å². The summed E-state index contributed by atoms with van der Waals surface area (Å²) in [6, 6.07) is 6.33. The van der Waals surface area contributed by atoms with Crippen LogP contribution in [0.15, 0.2) is 18.2 Å². The van der Waals surface area contributed by atoms with Crippen LogP contribution < -0.4 is 0 Å². The van der Waals surface area contributed by atoms with Gasteiger partial charge < -0.3 is 0 Å².